The van der Waals surface area contributed by atoms with Gasteiger partial charge in [-0.15, -0.1) is 0 Å². The molecular weight excluding hydrogens is 256 g/mol. The molecule has 2 rings (SSSR count). The molecule has 0 heterocycles. The van der Waals surface area contributed by atoms with Crippen LogP contribution in [0.3, 0.4) is 0 Å². The van der Waals surface area contributed by atoms with E-state index in [4.69, 9.17) is 4.99 Å². The molecule has 0 radical (unpaired) electrons. The summed E-state index contributed by atoms with van der Waals surface area (Å²) in [5, 5.41) is 0. The predicted molar refractivity (Wildman–Crippen MR) is 92.8 cm³/mol. The first-order valence-electron chi connectivity index (χ1n) is 7.53. The summed E-state index contributed by atoms with van der Waals surface area (Å²) in [4.78, 5) is 7.03. The average Bonchev–Trinajstić information content (AvgIpc) is 2.85. The van der Waals surface area contributed by atoms with Crippen LogP contribution in [0.1, 0.15) is 45.2 Å². The zero-order chi connectivity index (χ0) is 15.6. The summed E-state index contributed by atoms with van der Waals surface area (Å²) in [5.74, 6) is 0. The molecule has 112 valence electrons. The minimum absolute atomic E-state index is 0.0517. The molecule has 0 aromatic heterocycles. The van der Waals surface area contributed by atoms with Gasteiger partial charge in [-0.05, 0) is 51.3 Å². The zero-order valence-corrected chi connectivity index (χ0v) is 14.1. The summed E-state index contributed by atoms with van der Waals surface area (Å²) < 4.78 is 0. The van der Waals surface area contributed by atoms with Gasteiger partial charge in [0.15, 0.2) is 0 Å². The van der Waals surface area contributed by atoms with Gasteiger partial charge >= 0.3 is 0 Å². The van der Waals surface area contributed by atoms with E-state index in [-0.39, 0.29) is 5.54 Å². The van der Waals surface area contributed by atoms with E-state index in [0.29, 0.717) is 0 Å². The quantitative estimate of drug-likeness (QED) is 0.744. The van der Waals surface area contributed by atoms with Gasteiger partial charge in [-0.3, -0.25) is 4.99 Å². The lowest BCUT2D eigenvalue weighted by atomic mass is 9.95. The summed E-state index contributed by atoms with van der Waals surface area (Å²) >= 11 is 0. The molecule has 0 spiro atoms. The van der Waals surface area contributed by atoms with Crippen molar-refractivity contribution in [3.05, 3.63) is 53.2 Å². The maximum Gasteiger partial charge on any atom is 0.0527 e. The number of hydrogen-bond acceptors (Lipinski definition) is 2. The lowest BCUT2D eigenvalue weighted by molar-refractivity contribution is 0.533. The molecular formula is C19H26N2. The molecule has 21 heavy (non-hydrogen) atoms. The third-order valence-electron chi connectivity index (χ3n) is 3.53. The Labute approximate surface area is 128 Å². The van der Waals surface area contributed by atoms with E-state index in [1.807, 2.05) is 0 Å². The fourth-order valence-corrected chi connectivity index (χ4v) is 2.79. The van der Waals surface area contributed by atoms with Crippen LogP contribution >= 0.6 is 0 Å². The second-order valence-electron chi connectivity index (χ2n) is 6.78. The molecule has 1 aromatic rings. The van der Waals surface area contributed by atoms with E-state index in [1.165, 1.54) is 22.4 Å². The normalized spacial score (nSPS) is 15.8. The minimum atomic E-state index is -0.0517. The smallest absolute Gasteiger partial charge is 0.0527 e. The topological polar surface area (TPSA) is 15.6 Å². The van der Waals surface area contributed by atoms with Gasteiger partial charge in [-0.2, -0.15) is 0 Å². The number of likely N-dealkylation sites (N-methyl/N-ethyl adjacent to an activating group) is 1. The van der Waals surface area contributed by atoms with Crippen molar-refractivity contribution in [3.63, 3.8) is 0 Å². The van der Waals surface area contributed by atoms with Gasteiger partial charge in [0.1, 0.15) is 0 Å². The largest absolute Gasteiger partial charge is 0.377 e. The van der Waals surface area contributed by atoms with Crippen molar-refractivity contribution in [2.24, 2.45) is 4.99 Å². The summed E-state index contributed by atoms with van der Waals surface area (Å²) in [6.07, 6.45) is 5.44. The van der Waals surface area contributed by atoms with Crippen LogP contribution in [0, 0.1) is 0 Å². The van der Waals surface area contributed by atoms with E-state index in [1.54, 1.807) is 0 Å². The van der Waals surface area contributed by atoms with Crippen LogP contribution in [-0.4, -0.2) is 30.2 Å². The van der Waals surface area contributed by atoms with Crippen molar-refractivity contribution < 1.29 is 0 Å². The summed E-state index contributed by atoms with van der Waals surface area (Å²) in [7, 11) is 4.20. The maximum absolute atomic E-state index is 4.84. The van der Waals surface area contributed by atoms with Gasteiger partial charge in [0.25, 0.3) is 0 Å². The molecule has 0 atom stereocenters. The first-order valence-corrected chi connectivity index (χ1v) is 7.53. The Kier molecular flexibility index (Phi) is 4.36. The maximum atomic E-state index is 4.84. The highest BCUT2D eigenvalue weighted by Gasteiger charge is 2.18. The van der Waals surface area contributed by atoms with Crippen LogP contribution in [0.2, 0.25) is 0 Å². The van der Waals surface area contributed by atoms with Crippen molar-refractivity contribution in [2.45, 2.75) is 39.7 Å². The standard InChI is InChI=1S/C19H26N2/c1-14(20-19(2,3)4)15-10-7-8-11-16(15)17-12-9-13-18(17)21(5)6/h7-11,13H,12H2,1-6H3. The van der Waals surface area contributed by atoms with Crippen LogP contribution in [0.15, 0.2) is 47.1 Å². The molecule has 1 aliphatic rings. The number of aliphatic imine (C=N–C) groups is 1. The molecule has 1 aliphatic carbocycles. The van der Waals surface area contributed by atoms with Crippen molar-refractivity contribution in [2.75, 3.05) is 14.1 Å². The molecule has 0 saturated heterocycles. The second-order valence-corrected chi connectivity index (χ2v) is 6.78. The van der Waals surface area contributed by atoms with Crippen LogP contribution in [0.5, 0.6) is 0 Å². The van der Waals surface area contributed by atoms with Crippen molar-refractivity contribution in [3.8, 4) is 0 Å². The van der Waals surface area contributed by atoms with Gasteiger partial charge in [0, 0.05) is 31.1 Å². The van der Waals surface area contributed by atoms with Crippen LogP contribution < -0.4 is 0 Å². The van der Waals surface area contributed by atoms with Gasteiger partial charge < -0.3 is 4.90 Å². The summed E-state index contributed by atoms with van der Waals surface area (Å²) in [6.45, 7) is 8.53. The predicted octanol–water partition coefficient (Wildman–Crippen LogP) is 4.53. The first-order chi connectivity index (χ1) is 9.79. The molecule has 0 amide bonds. The minimum Gasteiger partial charge on any atom is -0.377 e. The third kappa shape index (κ3) is 3.63. The molecule has 0 fully saturated rings. The molecule has 0 unspecified atom stereocenters. The number of hydrogen-bond donors (Lipinski definition) is 0. The van der Waals surface area contributed by atoms with E-state index in [9.17, 15) is 0 Å². The Balaban J connectivity index is 2.53. The summed E-state index contributed by atoms with van der Waals surface area (Å²) in [5.41, 5.74) is 6.28. The van der Waals surface area contributed by atoms with Crippen molar-refractivity contribution >= 4 is 11.3 Å². The van der Waals surface area contributed by atoms with Gasteiger partial charge in [-0.25, -0.2) is 0 Å². The fourth-order valence-electron chi connectivity index (χ4n) is 2.79. The molecule has 0 saturated carbocycles. The van der Waals surface area contributed by atoms with Gasteiger partial charge in [0.05, 0.1) is 5.54 Å². The number of allylic oxidation sites excluding steroid dienone is 3. The first kappa shape index (κ1) is 15.6. The monoisotopic (exact) mass is 282 g/mol. The third-order valence-corrected chi connectivity index (χ3v) is 3.53. The Morgan fingerprint density at radius 1 is 1.14 bits per heavy atom. The number of nitrogens with zero attached hydrogens (tertiary/aromatic N) is 2. The Morgan fingerprint density at radius 3 is 2.43 bits per heavy atom. The van der Waals surface area contributed by atoms with Crippen molar-refractivity contribution in [1.82, 2.24) is 4.90 Å². The molecule has 0 aliphatic heterocycles. The van der Waals surface area contributed by atoms with E-state index in [2.05, 4.69) is 83.1 Å². The SMILES string of the molecule is CC(=NC(C)(C)C)c1ccccc1C1=C(N(C)C)C=CC1. The Morgan fingerprint density at radius 2 is 1.81 bits per heavy atom. The number of benzene rings is 1. The highest BCUT2D eigenvalue weighted by Crippen LogP contribution is 2.32. The molecule has 0 bridgehead atoms. The molecule has 2 nitrogen and oxygen atoms in total. The van der Waals surface area contributed by atoms with Gasteiger partial charge in [-0.1, -0.05) is 30.3 Å². The number of rotatable bonds is 3. The molecule has 2 heteroatoms. The van der Waals surface area contributed by atoms with E-state index in [0.717, 1.165) is 12.1 Å². The van der Waals surface area contributed by atoms with Gasteiger partial charge in [0.2, 0.25) is 0 Å². The Hall–Kier alpha value is -1.83. The fraction of sp³-hybridized carbons (Fsp3) is 0.421. The van der Waals surface area contributed by atoms with Crippen molar-refractivity contribution in [1.29, 1.82) is 0 Å². The highest BCUT2D eigenvalue weighted by atomic mass is 15.1. The average molecular weight is 282 g/mol. The Bertz CT molecular complexity index is 611. The zero-order valence-electron chi connectivity index (χ0n) is 14.1. The van der Waals surface area contributed by atoms with E-state index < -0.39 is 0 Å². The lowest BCUT2D eigenvalue weighted by Gasteiger charge is -2.19. The molecule has 0 N–H and O–H groups in total. The second kappa shape index (κ2) is 5.88. The van der Waals surface area contributed by atoms with Crippen LogP contribution in [0.25, 0.3) is 5.57 Å². The lowest BCUT2D eigenvalue weighted by Crippen LogP contribution is -2.15. The van der Waals surface area contributed by atoms with Crippen LogP contribution in [0.4, 0.5) is 0 Å². The summed E-state index contributed by atoms with van der Waals surface area (Å²) in [6, 6.07) is 8.60. The highest BCUT2D eigenvalue weighted by molar-refractivity contribution is 6.03. The molecule has 1 aromatic carbocycles. The van der Waals surface area contributed by atoms with Crippen LogP contribution in [-0.2, 0) is 0 Å². The van der Waals surface area contributed by atoms with E-state index >= 15 is 0 Å².